The zero-order valence-electron chi connectivity index (χ0n) is 17.1. The summed E-state index contributed by atoms with van der Waals surface area (Å²) in [5.74, 6) is 3.11. The summed E-state index contributed by atoms with van der Waals surface area (Å²) in [6.07, 6.45) is 4.10. The minimum Gasteiger partial charge on any atom is -0.497 e. The Morgan fingerprint density at radius 1 is 1.25 bits per heavy atom. The van der Waals surface area contributed by atoms with Crippen LogP contribution in [0.3, 0.4) is 0 Å². The molecule has 1 saturated heterocycles. The number of ether oxygens (including phenoxy) is 1. The van der Waals surface area contributed by atoms with Crippen LogP contribution in [0.1, 0.15) is 37.1 Å². The Balaban J connectivity index is 1.67. The highest BCUT2D eigenvalue weighted by Gasteiger charge is 2.30. The Hall–Kier alpha value is -2.47. The van der Waals surface area contributed by atoms with Crippen LogP contribution in [-0.2, 0) is 6.54 Å². The first-order valence-electron chi connectivity index (χ1n) is 10.1. The maximum absolute atomic E-state index is 5.38. The van der Waals surface area contributed by atoms with Gasteiger partial charge < -0.3 is 19.8 Å². The van der Waals surface area contributed by atoms with E-state index in [0.29, 0.717) is 18.5 Å². The first kappa shape index (κ1) is 20.3. The van der Waals surface area contributed by atoms with E-state index in [1.54, 1.807) is 13.4 Å². The number of hydrogen-bond acceptors (Lipinski definition) is 4. The molecule has 2 N–H and O–H groups in total. The van der Waals surface area contributed by atoms with Gasteiger partial charge in [-0.05, 0) is 69.1 Å². The van der Waals surface area contributed by atoms with Gasteiger partial charge in [0.15, 0.2) is 5.96 Å². The van der Waals surface area contributed by atoms with Gasteiger partial charge in [-0.15, -0.1) is 0 Å². The molecule has 1 fully saturated rings. The Morgan fingerprint density at radius 2 is 2.07 bits per heavy atom. The largest absolute Gasteiger partial charge is 0.497 e. The van der Waals surface area contributed by atoms with Gasteiger partial charge in [0.1, 0.15) is 18.1 Å². The van der Waals surface area contributed by atoms with Crippen molar-refractivity contribution in [3.8, 4) is 5.75 Å². The minimum atomic E-state index is 0.389. The van der Waals surface area contributed by atoms with Crippen molar-refractivity contribution in [3.63, 3.8) is 0 Å². The number of rotatable bonds is 7. The molecule has 1 aliphatic heterocycles. The van der Waals surface area contributed by atoms with Crippen molar-refractivity contribution in [2.45, 2.75) is 32.4 Å². The van der Waals surface area contributed by atoms with Crippen LogP contribution in [0.4, 0.5) is 0 Å². The fourth-order valence-corrected chi connectivity index (χ4v) is 3.93. The smallest absolute Gasteiger partial charge is 0.191 e. The lowest BCUT2D eigenvalue weighted by atomic mass is 9.85. The van der Waals surface area contributed by atoms with Crippen molar-refractivity contribution in [1.29, 1.82) is 0 Å². The van der Waals surface area contributed by atoms with Crippen LogP contribution in [-0.4, -0.2) is 44.7 Å². The molecule has 0 spiro atoms. The Labute approximate surface area is 168 Å². The molecule has 3 rings (SSSR count). The zero-order chi connectivity index (χ0) is 19.8. The third-order valence-corrected chi connectivity index (χ3v) is 5.31. The number of methoxy groups -OCH3 is 1. The molecular weight excluding hydrogens is 352 g/mol. The van der Waals surface area contributed by atoms with Crippen LogP contribution in [0.5, 0.6) is 5.75 Å². The first-order chi connectivity index (χ1) is 13.7. The van der Waals surface area contributed by atoms with Crippen molar-refractivity contribution in [1.82, 2.24) is 15.5 Å². The van der Waals surface area contributed by atoms with Gasteiger partial charge in [0.25, 0.3) is 0 Å². The zero-order valence-corrected chi connectivity index (χ0v) is 17.1. The van der Waals surface area contributed by atoms with E-state index in [4.69, 9.17) is 9.15 Å². The second-order valence-electron chi connectivity index (χ2n) is 7.26. The van der Waals surface area contributed by atoms with Gasteiger partial charge in [0.2, 0.25) is 0 Å². The molecule has 0 bridgehead atoms. The summed E-state index contributed by atoms with van der Waals surface area (Å²) < 4.78 is 10.7. The van der Waals surface area contributed by atoms with Gasteiger partial charge in [0, 0.05) is 19.1 Å². The maximum Gasteiger partial charge on any atom is 0.191 e. The number of nitrogens with zero attached hydrogens (tertiary/aromatic N) is 2. The number of benzene rings is 1. The molecule has 1 aromatic carbocycles. The van der Waals surface area contributed by atoms with E-state index in [0.717, 1.165) is 37.1 Å². The number of guanidine groups is 1. The summed E-state index contributed by atoms with van der Waals surface area (Å²) >= 11 is 0. The van der Waals surface area contributed by atoms with E-state index in [1.165, 1.54) is 18.4 Å². The van der Waals surface area contributed by atoms with Crippen molar-refractivity contribution >= 4 is 5.96 Å². The van der Waals surface area contributed by atoms with Gasteiger partial charge in [-0.3, -0.25) is 4.90 Å². The number of hydrogen-bond donors (Lipinski definition) is 2. The lowest BCUT2D eigenvalue weighted by Crippen LogP contribution is -2.45. The third kappa shape index (κ3) is 5.29. The van der Waals surface area contributed by atoms with Crippen molar-refractivity contribution in [2.24, 2.45) is 10.9 Å². The van der Waals surface area contributed by atoms with Gasteiger partial charge >= 0.3 is 0 Å². The third-order valence-electron chi connectivity index (χ3n) is 5.31. The molecule has 28 heavy (non-hydrogen) atoms. The molecule has 0 radical (unpaired) electrons. The average molecular weight is 385 g/mol. The quantitative estimate of drug-likeness (QED) is 0.566. The van der Waals surface area contributed by atoms with Crippen molar-refractivity contribution < 1.29 is 9.15 Å². The molecule has 2 aromatic rings. The van der Waals surface area contributed by atoms with E-state index in [9.17, 15) is 0 Å². The fraction of sp³-hybridized carbons (Fsp3) is 0.500. The molecule has 1 aliphatic rings. The lowest BCUT2D eigenvalue weighted by Gasteiger charge is -2.40. The molecule has 152 valence electrons. The first-order valence-corrected chi connectivity index (χ1v) is 10.1. The van der Waals surface area contributed by atoms with Crippen molar-refractivity contribution in [3.05, 3.63) is 54.0 Å². The Morgan fingerprint density at radius 3 is 2.75 bits per heavy atom. The molecule has 1 aromatic heterocycles. The second kappa shape index (κ2) is 10.2. The predicted molar refractivity (Wildman–Crippen MR) is 113 cm³/mol. The van der Waals surface area contributed by atoms with E-state index in [1.807, 2.05) is 12.1 Å². The highest BCUT2D eigenvalue weighted by Crippen LogP contribution is 2.35. The summed E-state index contributed by atoms with van der Waals surface area (Å²) in [5.41, 5.74) is 1.34. The van der Waals surface area contributed by atoms with Crippen molar-refractivity contribution in [2.75, 3.05) is 33.8 Å². The average Bonchev–Trinajstić information content (AvgIpc) is 3.24. The van der Waals surface area contributed by atoms with Crippen LogP contribution in [0.2, 0.25) is 0 Å². The summed E-state index contributed by atoms with van der Waals surface area (Å²) in [6.45, 7) is 5.45. The van der Waals surface area contributed by atoms with Crippen LogP contribution < -0.4 is 15.4 Å². The highest BCUT2D eigenvalue weighted by molar-refractivity contribution is 5.79. The molecule has 0 amide bonds. The van der Waals surface area contributed by atoms with Crippen LogP contribution in [0, 0.1) is 5.92 Å². The standard InChI is InChI=1S/C22H32N4O2/c1-4-23-22(25-16-20-8-6-14-28-20)24-15-18-7-5-13-26(2)21(18)17-9-11-19(27-3)12-10-17/h6,8-12,14,18,21H,4-5,7,13,15-16H2,1-3H3,(H2,23,24,25). The molecule has 6 nitrogen and oxygen atoms in total. The number of piperidine rings is 1. The highest BCUT2D eigenvalue weighted by atomic mass is 16.5. The van der Waals surface area contributed by atoms with Crippen LogP contribution in [0.25, 0.3) is 0 Å². The fourth-order valence-electron chi connectivity index (χ4n) is 3.93. The molecule has 2 atom stereocenters. The summed E-state index contributed by atoms with van der Waals surface area (Å²) in [7, 11) is 3.93. The number of aliphatic imine (C=N–C) groups is 1. The molecule has 0 saturated carbocycles. The number of furan rings is 1. The number of nitrogens with one attached hydrogen (secondary N) is 2. The van der Waals surface area contributed by atoms with E-state index < -0.39 is 0 Å². The minimum absolute atomic E-state index is 0.389. The van der Waals surface area contributed by atoms with E-state index in [-0.39, 0.29) is 0 Å². The van der Waals surface area contributed by atoms with E-state index in [2.05, 4.69) is 58.8 Å². The van der Waals surface area contributed by atoms with Gasteiger partial charge in [-0.1, -0.05) is 12.1 Å². The number of likely N-dealkylation sites (tertiary alicyclic amines) is 1. The van der Waals surface area contributed by atoms with Gasteiger partial charge in [0.05, 0.1) is 13.4 Å². The van der Waals surface area contributed by atoms with E-state index >= 15 is 0 Å². The summed E-state index contributed by atoms with van der Waals surface area (Å²) in [5, 5.41) is 6.87. The molecule has 2 heterocycles. The Bertz CT molecular complexity index is 728. The van der Waals surface area contributed by atoms with Crippen LogP contribution >= 0.6 is 0 Å². The van der Waals surface area contributed by atoms with Crippen LogP contribution in [0.15, 0.2) is 52.1 Å². The SMILES string of the molecule is CCNC(=NCc1ccco1)NCC1CCCN(C)C1c1ccc(OC)cc1. The molecule has 2 unspecified atom stereocenters. The lowest BCUT2D eigenvalue weighted by molar-refractivity contribution is 0.122. The summed E-state index contributed by atoms with van der Waals surface area (Å²) in [4.78, 5) is 7.11. The maximum atomic E-state index is 5.38. The van der Waals surface area contributed by atoms with Gasteiger partial charge in [-0.25, -0.2) is 4.99 Å². The Kier molecular flexibility index (Phi) is 7.37. The normalized spacial score (nSPS) is 20.8. The topological polar surface area (TPSA) is 62.0 Å². The molecular formula is C22H32N4O2. The second-order valence-corrected chi connectivity index (χ2v) is 7.26. The monoisotopic (exact) mass is 384 g/mol. The molecule has 0 aliphatic carbocycles. The van der Waals surface area contributed by atoms with Gasteiger partial charge in [-0.2, -0.15) is 0 Å². The predicted octanol–water partition coefficient (Wildman–Crippen LogP) is 3.43. The summed E-state index contributed by atoms with van der Waals surface area (Å²) in [6, 6.07) is 12.7. The molecule has 6 heteroatoms.